The van der Waals surface area contributed by atoms with Crippen molar-refractivity contribution in [1.82, 2.24) is 4.98 Å². The molecule has 1 amide bonds. The van der Waals surface area contributed by atoms with Crippen molar-refractivity contribution in [2.45, 2.75) is 13.5 Å². The van der Waals surface area contributed by atoms with E-state index in [4.69, 9.17) is 0 Å². The highest BCUT2D eigenvalue weighted by Crippen LogP contribution is 2.20. The molecule has 0 fully saturated rings. The summed E-state index contributed by atoms with van der Waals surface area (Å²) in [7, 11) is 0. The predicted octanol–water partition coefficient (Wildman–Crippen LogP) is 5.02. The van der Waals surface area contributed by atoms with Crippen LogP contribution in [0.4, 0.5) is 11.4 Å². The van der Waals surface area contributed by atoms with Crippen LogP contribution in [0, 0.1) is 6.92 Å². The quantitative estimate of drug-likeness (QED) is 0.637. The maximum Gasteiger partial charge on any atom is 0.257 e. The highest BCUT2D eigenvalue weighted by Gasteiger charge is 2.08. The van der Waals surface area contributed by atoms with E-state index >= 15 is 0 Å². The van der Waals surface area contributed by atoms with Gasteiger partial charge in [0.2, 0.25) is 0 Å². The molecule has 1 heterocycles. The number of carbonyl (C=O) groups is 1. The van der Waals surface area contributed by atoms with E-state index in [0.717, 1.165) is 21.4 Å². The number of hydrogen-bond donors (Lipinski definition) is 2. The molecule has 0 spiro atoms. The molecule has 0 unspecified atom stereocenters. The number of halogens is 1. The topological polar surface area (TPSA) is 54.0 Å². The van der Waals surface area contributed by atoms with Crippen LogP contribution in [0.3, 0.4) is 0 Å². The van der Waals surface area contributed by atoms with E-state index in [0.29, 0.717) is 12.1 Å². The highest BCUT2D eigenvalue weighted by atomic mass is 79.9. The normalized spacial score (nSPS) is 10.3. The van der Waals surface area contributed by atoms with E-state index in [1.807, 2.05) is 55.5 Å². The third kappa shape index (κ3) is 4.67. The molecule has 0 atom stereocenters. The van der Waals surface area contributed by atoms with Crippen molar-refractivity contribution >= 4 is 33.2 Å². The van der Waals surface area contributed by atoms with E-state index in [1.165, 1.54) is 5.56 Å². The van der Waals surface area contributed by atoms with Crippen LogP contribution < -0.4 is 10.6 Å². The van der Waals surface area contributed by atoms with Gasteiger partial charge in [-0.05, 0) is 42.3 Å². The van der Waals surface area contributed by atoms with Gasteiger partial charge in [-0.3, -0.25) is 9.78 Å². The van der Waals surface area contributed by atoms with Crippen LogP contribution in [0.2, 0.25) is 0 Å². The summed E-state index contributed by atoms with van der Waals surface area (Å²) in [6.45, 7) is 2.66. The van der Waals surface area contributed by atoms with Crippen LogP contribution in [0.15, 0.2) is 71.5 Å². The first kappa shape index (κ1) is 17.2. The van der Waals surface area contributed by atoms with Gasteiger partial charge in [0.1, 0.15) is 0 Å². The Morgan fingerprint density at radius 3 is 2.60 bits per heavy atom. The van der Waals surface area contributed by atoms with Gasteiger partial charge in [0.15, 0.2) is 0 Å². The lowest BCUT2D eigenvalue weighted by Gasteiger charge is -2.09. The van der Waals surface area contributed by atoms with Gasteiger partial charge in [0, 0.05) is 29.1 Å². The fourth-order valence-electron chi connectivity index (χ4n) is 2.39. The first-order valence-corrected chi connectivity index (χ1v) is 8.71. The molecule has 0 radical (unpaired) electrons. The molecule has 1 aromatic heterocycles. The molecule has 0 aliphatic carbocycles. The van der Waals surface area contributed by atoms with Crippen molar-refractivity contribution in [1.29, 1.82) is 0 Å². The van der Waals surface area contributed by atoms with Gasteiger partial charge in [-0.25, -0.2) is 0 Å². The molecule has 0 aliphatic heterocycles. The Balaban J connectivity index is 1.67. The van der Waals surface area contributed by atoms with Crippen molar-refractivity contribution < 1.29 is 4.79 Å². The number of aromatic nitrogens is 1. The van der Waals surface area contributed by atoms with Crippen molar-refractivity contribution in [3.8, 4) is 0 Å². The number of nitrogens with one attached hydrogen (secondary N) is 2. The first-order valence-electron chi connectivity index (χ1n) is 7.92. The van der Waals surface area contributed by atoms with E-state index < -0.39 is 0 Å². The second-order valence-corrected chi connectivity index (χ2v) is 6.57. The monoisotopic (exact) mass is 395 g/mol. The van der Waals surface area contributed by atoms with Crippen molar-refractivity contribution in [3.05, 3.63) is 88.2 Å². The van der Waals surface area contributed by atoms with E-state index in [9.17, 15) is 4.79 Å². The zero-order valence-corrected chi connectivity index (χ0v) is 15.4. The predicted molar refractivity (Wildman–Crippen MR) is 105 cm³/mol. The third-order valence-corrected chi connectivity index (χ3v) is 4.65. The van der Waals surface area contributed by atoms with Crippen LogP contribution in [0.25, 0.3) is 0 Å². The number of aryl methyl sites for hydroxylation is 1. The van der Waals surface area contributed by atoms with E-state index in [2.05, 4.69) is 31.5 Å². The van der Waals surface area contributed by atoms with Crippen LogP contribution in [0.5, 0.6) is 0 Å². The van der Waals surface area contributed by atoms with Crippen LogP contribution in [0.1, 0.15) is 21.5 Å². The Hall–Kier alpha value is -2.66. The molecule has 0 saturated heterocycles. The molecule has 25 heavy (non-hydrogen) atoms. The summed E-state index contributed by atoms with van der Waals surface area (Å²) >= 11 is 3.46. The number of carbonyl (C=O) groups excluding carboxylic acids is 1. The minimum absolute atomic E-state index is 0.183. The second-order valence-electron chi connectivity index (χ2n) is 5.72. The molecule has 5 heteroatoms. The van der Waals surface area contributed by atoms with E-state index in [1.54, 1.807) is 18.5 Å². The molecular weight excluding hydrogens is 378 g/mol. The SMILES string of the molecule is Cc1cc(NC(=O)c2cncc(NCc3ccccc3)c2)ccc1Br. The lowest BCUT2D eigenvalue weighted by Crippen LogP contribution is -2.13. The van der Waals surface area contributed by atoms with Crippen molar-refractivity contribution in [2.24, 2.45) is 0 Å². The van der Waals surface area contributed by atoms with Crippen LogP contribution in [-0.2, 0) is 6.54 Å². The molecule has 3 rings (SSSR count). The first-order chi connectivity index (χ1) is 12.1. The van der Waals surface area contributed by atoms with Gasteiger partial charge in [-0.2, -0.15) is 0 Å². The Bertz CT molecular complexity index is 881. The Kier molecular flexibility index (Phi) is 5.46. The Morgan fingerprint density at radius 1 is 1.04 bits per heavy atom. The molecule has 2 N–H and O–H groups in total. The summed E-state index contributed by atoms with van der Waals surface area (Å²) in [5.41, 5.74) is 4.31. The lowest BCUT2D eigenvalue weighted by atomic mass is 10.2. The average Bonchev–Trinajstić information content (AvgIpc) is 2.64. The average molecular weight is 396 g/mol. The minimum atomic E-state index is -0.183. The molecular formula is C20H18BrN3O. The summed E-state index contributed by atoms with van der Waals surface area (Å²) < 4.78 is 1.01. The maximum absolute atomic E-state index is 12.4. The molecule has 126 valence electrons. The minimum Gasteiger partial charge on any atom is -0.380 e. The van der Waals surface area contributed by atoms with Gasteiger partial charge in [-0.15, -0.1) is 0 Å². The lowest BCUT2D eigenvalue weighted by molar-refractivity contribution is 0.102. The summed E-state index contributed by atoms with van der Waals surface area (Å²) in [5.74, 6) is -0.183. The summed E-state index contributed by atoms with van der Waals surface area (Å²) in [4.78, 5) is 16.6. The maximum atomic E-state index is 12.4. The van der Waals surface area contributed by atoms with Crippen LogP contribution in [-0.4, -0.2) is 10.9 Å². The van der Waals surface area contributed by atoms with Gasteiger partial charge in [0.05, 0.1) is 11.3 Å². The molecule has 0 saturated carbocycles. The number of benzene rings is 2. The number of amides is 1. The number of nitrogens with zero attached hydrogens (tertiary/aromatic N) is 1. The fourth-order valence-corrected chi connectivity index (χ4v) is 2.63. The zero-order valence-electron chi connectivity index (χ0n) is 13.8. The standard InChI is InChI=1S/C20H18BrN3O/c1-14-9-17(7-8-19(14)21)24-20(25)16-10-18(13-22-12-16)23-11-15-5-3-2-4-6-15/h2-10,12-13,23H,11H2,1H3,(H,24,25). The number of anilines is 2. The highest BCUT2D eigenvalue weighted by molar-refractivity contribution is 9.10. The number of pyridine rings is 1. The van der Waals surface area contributed by atoms with Crippen molar-refractivity contribution in [2.75, 3.05) is 10.6 Å². The number of rotatable bonds is 5. The van der Waals surface area contributed by atoms with Gasteiger partial charge in [0.25, 0.3) is 5.91 Å². The van der Waals surface area contributed by atoms with E-state index in [-0.39, 0.29) is 5.91 Å². The fraction of sp³-hybridized carbons (Fsp3) is 0.100. The number of hydrogen-bond acceptors (Lipinski definition) is 3. The summed E-state index contributed by atoms with van der Waals surface area (Å²) in [6, 6.07) is 17.6. The second kappa shape index (κ2) is 7.94. The molecule has 3 aromatic rings. The van der Waals surface area contributed by atoms with Crippen molar-refractivity contribution in [3.63, 3.8) is 0 Å². The van der Waals surface area contributed by atoms with Gasteiger partial charge in [-0.1, -0.05) is 46.3 Å². The molecule has 2 aromatic carbocycles. The van der Waals surface area contributed by atoms with Gasteiger partial charge < -0.3 is 10.6 Å². The smallest absolute Gasteiger partial charge is 0.257 e. The Labute approximate surface area is 155 Å². The summed E-state index contributed by atoms with van der Waals surface area (Å²) in [5, 5.41) is 6.19. The van der Waals surface area contributed by atoms with Crippen LogP contribution >= 0.6 is 15.9 Å². The molecule has 0 aliphatic rings. The largest absolute Gasteiger partial charge is 0.380 e. The third-order valence-electron chi connectivity index (χ3n) is 3.76. The zero-order chi connectivity index (χ0) is 17.6. The molecule has 4 nitrogen and oxygen atoms in total. The van der Waals surface area contributed by atoms with Gasteiger partial charge >= 0.3 is 0 Å². The Morgan fingerprint density at radius 2 is 1.84 bits per heavy atom. The molecule has 0 bridgehead atoms. The summed E-state index contributed by atoms with van der Waals surface area (Å²) in [6.07, 6.45) is 3.28.